The molecule has 1 N–H and O–H groups in total. The van der Waals surface area contributed by atoms with Crippen molar-refractivity contribution in [3.05, 3.63) is 54.0 Å². The van der Waals surface area contributed by atoms with Gasteiger partial charge < -0.3 is 14.1 Å². The van der Waals surface area contributed by atoms with Crippen LogP contribution in [0.3, 0.4) is 0 Å². The lowest BCUT2D eigenvalue weighted by molar-refractivity contribution is -0.888. The molecule has 1 saturated heterocycles. The van der Waals surface area contributed by atoms with Crippen molar-refractivity contribution in [2.45, 2.75) is 31.0 Å². The van der Waals surface area contributed by atoms with Crippen molar-refractivity contribution in [3.8, 4) is 5.75 Å². The van der Waals surface area contributed by atoms with Gasteiger partial charge in [-0.3, -0.25) is 0 Å². The van der Waals surface area contributed by atoms with Crippen molar-refractivity contribution in [2.75, 3.05) is 20.1 Å². The maximum atomic E-state index is 6.56. The third-order valence-corrected chi connectivity index (χ3v) is 5.60. The minimum absolute atomic E-state index is 0.244. The fourth-order valence-corrected chi connectivity index (χ4v) is 4.22. The molecule has 0 amide bonds. The standard InChI is InChI=1S/C19H21N3O2/c1-21-10-8-19(9-11-21)22-16(14-5-2-3-6-17(14)24-19)13-15(20-22)18-7-4-12-23-18/h2-7,12,16H,8-11,13H2,1H3/p+1/t16-/m1/s1. The minimum atomic E-state index is -0.313. The smallest absolute Gasteiger partial charge is 0.208 e. The van der Waals surface area contributed by atoms with Gasteiger partial charge in [0.05, 0.1) is 45.3 Å². The molecular formula is C19H22N3O2+. The summed E-state index contributed by atoms with van der Waals surface area (Å²) in [6, 6.07) is 12.6. The van der Waals surface area contributed by atoms with Crippen LogP contribution in [0.1, 0.15) is 36.6 Å². The molecule has 1 fully saturated rings. The highest BCUT2D eigenvalue weighted by Crippen LogP contribution is 2.49. The van der Waals surface area contributed by atoms with E-state index in [-0.39, 0.29) is 11.8 Å². The van der Waals surface area contributed by atoms with E-state index in [1.807, 2.05) is 12.1 Å². The molecule has 3 aliphatic heterocycles. The largest absolute Gasteiger partial charge is 0.466 e. The topological polar surface area (TPSA) is 42.4 Å². The first kappa shape index (κ1) is 14.1. The number of piperidine rings is 1. The van der Waals surface area contributed by atoms with Crippen LogP contribution in [0.15, 0.2) is 52.2 Å². The molecule has 1 atom stereocenters. The molecule has 0 radical (unpaired) electrons. The van der Waals surface area contributed by atoms with Gasteiger partial charge in [0.2, 0.25) is 5.72 Å². The van der Waals surface area contributed by atoms with Crippen LogP contribution in [0, 0.1) is 0 Å². The predicted octanol–water partition coefficient (Wildman–Crippen LogP) is 1.83. The number of quaternary nitrogens is 1. The number of fused-ring (bicyclic) bond motifs is 4. The molecule has 5 nitrogen and oxygen atoms in total. The highest BCUT2D eigenvalue weighted by molar-refractivity contribution is 5.99. The SMILES string of the molecule is C[NH+]1CCC2(CC1)Oc1ccccc1[C@H]1CC(c3ccco3)=NN12. The predicted molar refractivity (Wildman–Crippen MR) is 90.1 cm³/mol. The van der Waals surface area contributed by atoms with Crippen molar-refractivity contribution in [3.63, 3.8) is 0 Å². The Morgan fingerprint density at radius 2 is 2.00 bits per heavy atom. The Hall–Kier alpha value is -2.27. The summed E-state index contributed by atoms with van der Waals surface area (Å²) in [7, 11) is 2.25. The van der Waals surface area contributed by atoms with Crippen LogP contribution in [0.25, 0.3) is 0 Å². The lowest BCUT2D eigenvalue weighted by Gasteiger charge is -2.49. The van der Waals surface area contributed by atoms with Crippen LogP contribution >= 0.6 is 0 Å². The molecule has 1 spiro atoms. The Kier molecular flexibility index (Phi) is 3.00. The molecule has 0 aliphatic carbocycles. The van der Waals surface area contributed by atoms with E-state index >= 15 is 0 Å². The molecular weight excluding hydrogens is 302 g/mol. The van der Waals surface area contributed by atoms with Gasteiger partial charge >= 0.3 is 0 Å². The molecule has 0 saturated carbocycles. The maximum absolute atomic E-state index is 6.56. The molecule has 5 rings (SSSR count). The van der Waals surface area contributed by atoms with Crippen LogP contribution in [0.4, 0.5) is 0 Å². The van der Waals surface area contributed by atoms with Crippen molar-refractivity contribution < 1.29 is 14.1 Å². The van der Waals surface area contributed by atoms with Gasteiger partial charge in [0.1, 0.15) is 17.2 Å². The van der Waals surface area contributed by atoms with Gasteiger partial charge in [0, 0.05) is 12.0 Å². The Balaban J connectivity index is 1.59. The molecule has 2 aromatic rings. The number of hydrogen-bond donors (Lipinski definition) is 1. The summed E-state index contributed by atoms with van der Waals surface area (Å²) >= 11 is 0. The first-order valence-corrected chi connectivity index (χ1v) is 8.75. The Morgan fingerprint density at radius 1 is 1.17 bits per heavy atom. The second kappa shape index (κ2) is 5.11. The maximum Gasteiger partial charge on any atom is 0.208 e. The van der Waals surface area contributed by atoms with Gasteiger partial charge in [0.25, 0.3) is 0 Å². The summed E-state index contributed by atoms with van der Waals surface area (Å²) < 4.78 is 12.2. The highest BCUT2D eigenvalue weighted by Gasteiger charge is 2.52. The molecule has 5 heteroatoms. The lowest BCUT2D eigenvalue weighted by atomic mass is 9.91. The number of ether oxygens (including phenoxy) is 1. The molecule has 0 unspecified atom stereocenters. The summed E-state index contributed by atoms with van der Waals surface area (Å²) in [5.41, 5.74) is 1.95. The molecule has 1 aromatic heterocycles. The lowest BCUT2D eigenvalue weighted by Crippen LogP contribution is -3.11. The van der Waals surface area contributed by atoms with Crippen molar-refractivity contribution in [1.29, 1.82) is 0 Å². The molecule has 4 heterocycles. The quantitative estimate of drug-likeness (QED) is 0.870. The van der Waals surface area contributed by atoms with Gasteiger partial charge in [-0.25, -0.2) is 5.01 Å². The average molecular weight is 324 g/mol. The summed E-state index contributed by atoms with van der Waals surface area (Å²) in [4.78, 5) is 1.56. The Bertz CT molecular complexity index is 776. The summed E-state index contributed by atoms with van der Waals surface area (Å²) in [5.74, 6) is 1.89. The van der Waals surface area contributed by atoms with Crippen molar-refractivity contribution >= 4 is 5.71 Å². The van der Waals surface area contributed by atoms with E-state index in [2.05, 4.69) is 36.3 Å². The average Bonchev–Trinajstić information content (AvgIpc) is 3.27. The fourth-order valence-electron chi connectivity index (χ4n) is 4.22. The number of likely N-dealkylation sites (tertiary alicyclic amines) is 1. The number of nitrogens with one attached hydrogen (secondary N) is 1. The summed E-state index contributed by atoms with van der Waals surface area (Å²) in [5, 5.41) is 7.21. The van der Waals surface area contributed by atoms with Crippen LogP contribution < -0.4 is 9.64 Å². The van der Waals surface area contributed by atoms with E-state index in [4.69, 9.17) is 14.3 Å². The number of furan rings is 1. The summed E-state index contributed by atoms with van der Waals surface area (Å²) in [6.07, 6.45) is 4.59. The number of benzene rings is 1. The van der Waals surface area contributed by atoms with Gasteiger partial charge in [-0.05, 0) is 18.2 Å². The van der Waals surface area contributed by atoms with Crippen LogP contribution in [0.5, 0.6) is 5.75 Å². The monoisotopic (exact) mass is 324 g/mol. The van der Waals surface area contributed by atoms with Crippen molar-refractivity contribution in [2.24, 2.45) is 5.10 Å². The van der Waals surface area contributed by atoms with Crippen LogP contribution in [-0.4, -0.2) is 36.6 Å². The number of hydrogen-bond acceptors (Lipinski definition) is 4. The van der Waals surface area contributed by atoms with Gasteiger partial charge in [-0.2, -0.15) is 5.10 Å². The van der Waals surface area contributed by atoms with E-state index in [9.17, 15) is 0 Å². The third kappa shape index (κ3) is 2.01. The second-order valence-corrected chi connectivity index (χ2v) is 7.13. The molecule has 1 aromatic carbocycles. The Labute approximate surface area is 141 Å². The highest BCUT2D eigenvalue weighted by atomic mass is 16.5. The van der Waals surface area contributed by atoms with E-state index < -0.39 is 0 Å². The van der Waals surface area contributed by atoms with E-state index in [1.54, 1.807) is 11.2 Å². The molecule has 0 bridgehead atoms. The zero-order chi connectivity index (χ0) is 16.1. The normalized spacial score (nSPS) is 31.4. The number of rotatable bonds is 1. The first-order valence-electron chi connectivity index (χ1n) is 8.75. The first-order chi connectivity index (χ1) is 11.8. The van der Waals surface area contributed by atoms with E-state index in [0.717, 1.165) is 49.6 Å². The van der Waals surface area contributed by atoms with Crippen LogP contribution in [0.2, 0.25) is 0 Å². The van der Waals surface area contributed by atoms with Crippen LogP contribution in [-0.2, 0) is 0 Å². The second-order valence-electron chi connectivity index (χ2n) is 7.13. The van der Waals surface area contributed by atoms with Crippen molar-refractivity contribution in [1.82, 2.24) is 5.01 Å². The van der Waals surface area contributed by atoms with E-state index in [0.29, 0.717) is 0 Å². The molecule has 24 heavy (non-hydrogen) atoms. The summed E-state index contributed by atoms with van der Waals surface area (Å²) in [6.45, 7) is 2.22. The zero-order valence-corrected chi connectivity index (χ0v) is 13.9. The van der Waals surface area contributed by atoms with E-state index in [1.165, 1.54) is 5.56 Å². The minimum Gasteiger partial charge on any atom is -0.466 e. The zero-order valence-electron chi connectivity index (χ0n) is 13.9. The molecule has 3 aliphatic rings. The number of nitrogens with zero attached hydrogens (tertiary/aromatic N) is 2. The molecule has 124 valence electrons. The number of para-hydroxylation sites is 1. The van der Waals surface area contributed by atoms with Gasteiger partial charge in [-0.1, -0.05) is 18.2 Å². The third-order valence-electron chi connectivity index (χ3n) is 5.60. The van der Waals surface area contributed by atoms with Gasteiger partial charge in [0.15, 0.2) is 0 Å². The fraction of sp³-hybridized carbons (Fsp3) is 0.421. The Morgan fingerprint density at radius 3 is 2.79 bits per heavy atom. The van der Waals surface area contributed by atoms with Gasteiger partial charge in [-0.15, -0.1) is 0 Å². The number of hydrazone groups is 1.